The lowest BCUT2D eigenvalue weighted by atomic mass is 9.89. The number of hydrogen-bond donors (Lipinski definition) is 3. The first-order chi connectivity index (χ1) is 22.6. The summed E-state index contributed by atoms with van der Waals surface area (Å²) in [7, 11) is 7.77. The first kappa shape index (κ1) is 33.2. The molecule has 3 aliphatic rings. The topological polar surface area (TPSA) is 124 Å². The van der Waals surface area contributed by atoms with Gasteiger partial charge in [0.05, 0.1) is 11.6 Å². The lowest BCUT2D eigenvalue weighted by molar-refractivity contribution is 0.0696. The number of anilines is 1. The Morgan fingerprint density at radius 1 is 0.936 bits per heavy atom. The molecule has 0 fully saturated rings. The maximum absolute atomic E-state index is 13.3. The molecule has 1 atom stereocenters. The molecule has 3 N–H and O–H groups in total. The SMILES string of the molecule is CN(C)c1ccc2c(-c3cc(C(=O)NCCCNC(=O)OC4CCC=CCCC4)ccc3C(=O)O)c3ccc(=[N+](C)C)cc-3oc2c1. The highest BCUT2D eigenvalue weighted by molar-refractivity contribution is 6.09. The van der Waals surface area contributed by atoms with E-state index in [4.69, 9.17) is 9.15 Å². The monoisotopic (exact) mass is 639 g/mol. The van der Waals surface area contributed by atoms with Gasteiger partial charge in [-0.3, -0.25) is 4.79 Å². The summed E-state index contributed by atoms with van der Waals surface area (Å²) >= 11 is 0. The van der Waals surface area contributed by atoms with Gasteiger partial charge in [-0.1, -0.05) is 12.2 Å². The Hall–Kier alpha value is -5.12. The minimum atomic E-state index is -1.10. The molecule has 1 aliphatic heterocycles. The van der Waals surface area contributed by atoms with Crippen LogP contribution < -0.4 is 25.5 Å². The lowest BCUT2D eigenvalue weighted by Crippen LogP contribution is -2.32. The van der Waals surface area contributed by atoms with Crippen LogP contribution in [0.1, 0.15) is 59.2 Å². The predicted molar refractivity (Wildman–Crippen MR) is 184 cm³/mol. The van der Waals surface area contributed by atoms with Gasteiger partial charge < -0.3 is 29.8 Å². The van der Waals surface area contributed by atoms with Gasteiger partial charge >= 0.3 is 12.1 Å². The van der Waals surface area contributed by atoms with Gasteiger partial charge in [0.25, 0.3) is 5.91 Å². The summed E-state index contributed by atoms with van der Waals surface area (Å²) in [5, 5.41) is 17.6. The smallest absolute Gasteiger partial charge is 0.407 e. The predicted octanol–water partition coefficient (Wildman–Crippen LogP) is 5.74. The van der Waals surface area contributed by atoms with Crippen molar-refractivity contribution >= 4 is 34.6 Å². The summed E-state index contributed by atoms with van der Waals surface area (Å²) in [4.78, 5) is 40.0. The number of carbonyl (C=O) groups excluding carboxylic acids is 2. The quantitative estimate of drug-likeness (QED) is 0.0924. The molecule has 0 radical (unpaired) electrons. The van der Waals surface area contributed by atoms with E-state index in [1.54, 1.807) is 6.07 Å². The number of amides is 2. The Morgan fingerprint density at radius 3 is 2.49 bits per heavy atom. The molecule has 0 aromatic heterocycles. The molecule has 10 heteroatoms. The number of ether oxygens (including phenoxy) is 1. The number of allylic oxidation sites excluding steroid dienone is 2. The molecule has 2 aromatic carbocycles. The summed E-state index contributed by atoms with van der Waals surface area (Å²) in [6.45, 7) is 0.671. The highest BCUT2D eigenvalue weighted by atomic mass is 16.6. The average molecular weight is 640 g/mol. The summed E-state index contributed by atoms with van der Waals surface area (Å²) in [6, 6.07) is 16.2. The first-order valence-corrected chi connectivity index (χ1v) is 16.1. The Kier molecular flexibility index (Phi) is 10.6. The molecule has 2 aromatic rings. The van der Waals surface area contributed by atoms with Crippen LogP contribution in [0.15, 0.2) is 71.2 Å². The van der Waals surface area contributed by atoms with Gasteiger partial charge in [-0.05, 0) is 80.5 Å². The van der Waals surface area contributed by atoms with Crippen LogP contribution in [-0.2, 0) is 4.74 Å². The molecule has 0 spiro atoms. The van der Waals surface area contributed by atoms with Crippen LogP contribution >= 0.6 is 0 Å². The molecule has 1 unspecified atom stereocenters. The van der Waals surface area contributed by atoms with Gasteiger partial charge in [-0.15, -0.1) is 0 Å². The van der Waals surface area contributed by atoms with Crippen LogP contribution in [0.2, 0.25) is 0 Å². The van der Waals surface area contributed by atoms with Gasteiger partial charge in [0, 0.05) is 67.1 Å². The van der Waals surface area contributed by atoms with E-state index in [0.29, 0.717) is 47.5 Å². The number of carboxylic acids is 1. The molecule has 10 nitrogen and oxygen atoms in total. The maximum Gasteiger partial charge on any atom is 0.407 e. The van der Waals surface area contributed by atoms with Crippen LogP contribution in [0.3, 0.4) is 0 Å². The van der Waals surface area contributed by atoms with Crippen molar-refractivity contribution in [3.05, 3.63) is 83.2 Å². The van der Waals surface area contributed by atoms with Crippen molar-refractivity contribution in [1.82, 2.24) is 15.2 Å². The van der Waals surface area contributed by atoms with Crippen molar-refractivity contribution in [3.8, 4) is 22.5 Å². The number of nitrogens with zero attached hydrogens (tertiary/aromatic N) is 2. The van der Waals surface area contributed by atoms with E-state index < -0.39 is 12.1 Å². The third kappa shape index (κ3) is 8.00. The number of fused-ring (bicyclic) bond motifs is 2. The van der Waals surface area contributed by atoms with Crippen molar-refractivity contribution in [3.63, 3.8) is 0 Å². The van der Waals surface area contributed by atoms with E-state index in [2.05, 4.69) is 22.8 Å². The fourth-order valence-electron chi connectivity index (χ4n) is 5.81. The van der Waals surface area contributed by atoms with Crippen molar-refractivity contribution in [2.75, 3.05) is 46.2 Å². The molecule has 47 heavy (non-hydrogen) atoms. The Bertz CT molecular complexity index is 1850. The fraction of sp³-hybridized carbons (Fsp3) is 0.351. The zero-order chi connectivity index (χ0) is 33.5. The van der Waals surface area contributed by atoms with Crippen molar-refractivity contribution in [2.45, 2.75) is 44.6 Å². The van der Waals surface area contributed by atoms with Gasteiger partial charge in [-0.2, -0.15) is 0 Å². The summed E-state index contributed by atoms with van der Waals surface area (Å²) in [5.74, 6) is -0.844. The van der Waals surface area contributed by atoms with E-state index in [-0.39, 0.29) is 17.6 Å². The van der Waals surface area contributed by atoms with Crippen LogP contribution in [-0.4, -0.2) is 70.5 Å². The van der Waals surface area contributed by atoms with Crippen LogP contribution in [0.4, 0.5) is 10.5 Å². The normalized spacial score (nSPS) is 14.7. The Morgan fingerprint density at radius 2 is 1.72 bits per heavy atom. The van der Waals surface area contributed by atoms with Crippen LogP contribution in [0, 0.1) is 0 Å². The Labute approximate surface area is 274 Å². The van der Waals surface area contributed by atoms with Gasteiger partial charge in [0.1, 0.15) is 31.5 Å². The highest BCUT2D eigenvalue weighted by Gasteiger charge is 2.24. The number of benzene rings is 3. The number of alkyl carbamates (subject to hydrolysis) is 1. The second-order valence-corrected chi connectivity index (χ2v) is 12.2. The lowest BCUT2D eigenvalue weighted by Gasteiger charge is -2.19. The molecule has 246 valence electrons. The molecule has 1 heterocycles. The van der Waals surface area contributed by atoms with Gasteiger partial charge in [0.15, 0.2) is 0 Å². The van der Waals surface area contributed by atoms with Crippen molar-refractivity contribution in [1.29, 1.82) is 0 Å². The number of hydrogen-bond acceptors (Lipinski definition) is 6. The second kappa shape index (κ2) is 15.0. The third-order valence-electron chi connectivity index (χ3n) is 8.40. The van der Waals surface area contributed by atoms with Crippen LogP contribution in [0.25, 0.3) is 33.4 Å². The minimum Gasteiger partial charge on any atom is -0.478 e. The molecule has 2 aliphatic carbocycles. The molecule has 2 amide bonds. The summed E-state index contributed by atoms with van der Waals surface area (Å²) < 4.78 is 13.9. The van der Waals surface area contributed by atoms with E-state index in [1.165, 1.54) is 12.1 Å². The summed E-state index contributed by atoms with van der Waals surface area (Å²) in [5.41, 5.74) is 3.75. The number of carboxylic acid groups (broad SMARTS) is 1. The molecule has 0 saturated carbocycles. The molecular formula is C37H43N4O6+. The average Bonchev–Trinajstić information content (AvgIpc) is 3.03. The second-order valence-electron chi connectivity index (χ2n) is 12.2. The first-order valence-electron chi connectivity index (χ1n) is 16.1. The highest BCUT2D eigenvalue weighted by Crippen LogP contribution is 2.42. The number of carbonyl (C=O) groups is 3. The van der Waals surface area contributed by atoms with E-state index in [0.717, 1.165) is 54.1 Å². The van der Waals surface area contributed by atoms with E-state index in [9.17, 15) is 19.5 Å². The minimum absolute atomic E-state index is 0.0757. The maximum atomic E-state index is 13.3. The van der Waals surface area contributed by atoms with Gasteiger partial charge in [-0.25, -0.2) is 14.2 Å². The van der Waals surface area contributed by atoms with Gasteiger partial charge in [0.2, 0.25) is 5.36 Å². The van der Waals surface area contributed by atoms with Crippen LogP contribution in [0.5, 0.6) is 0 Å². The van der Waals surface area contributed by atoms with Crippen molar-refractivity contribution in [2.24, 2.45) is 0 Å². The third-order valence-corrected chi connectivity index (χ3v) is 8.40. The number of nitrogens with one attached hydrogen (secondary N) is 2. The number of aromatic carboxylic acids is 1. The molecule has 0 bridgehead atoms. The standard InChI is InChI=1S/C37H42N4O6/c1-40(2)25-14-17-29-32(22-25)47-33-23-26(41(3)4)15-18-30(33)34(29)31-21-24(13-16-28(31)36(43)44)35(42)38-19-10-20-39-37(45)46-27-11-8-6-5-7-9-12-27/h5-6,13-18,21-23,27H,7-12,19-20H2,1-4H3,(H2-,38,39,42,43,44,45)/p+1. The summed E-state index contributed by atoms with van der Waals surface area (Å²) in [6.07, 6.45) is 8.87. The molecular weight excluding hydrogens is 596 g/mol. The van der Waals surface area contributed by atoms with E-state index >= 15 is 0 Å². The Balaban J connectivity index is 1.37. The number of rotatable bonds is 9. The fourth-order valence-corrected chi connectivity index (χ4v) is 5.81. The zero-order valence-electron chi connectivity index (χ0n) is 27.5. The molecule has 0 saturated heterocycles. The van der Waals surface area contributed by atoms with Crippen molar-refractivity contribution < 1.29 is 28.6 Å². The van der Waals surface area contributed by atoms with E-state index in [1.807, 2.05) is 74.1 Å². The zero-order valence-corrected chi connectivity index (χ0v) is 27.5. The largest absolute Gasteiger partial charge is 0.478 e. The molecule has 5 rings (SSSR count).